The molecule has 3 heteroatoms. The molecule has 1 aromatic rings. The Morgan fingerprint density at radius 3 is 2.40 bits per heavy atom. The molecule has 0 aliphatic rings. The van der Waals surface area contributed by atoms with Gasteiger partial charge in [0.25, 0.3) is 0 Å². The molecule has 0 saturated carbocycles. The fourth-order valence-electron chi connectivity index (χ4n) is 1.26. The monoisotopic (exact) mass is 209 g/mol. The zero-order chi connectivity index (χ0) is 11.3. The van der Waals surface area contributed by atoms with Gasteiger partial charge in [-0.15, -0.1) is 0 Å². The van der Waals surface area contributed by atoms with E-state index in [-0.39, 0.29) is 0 Å². The number of ether oxygens (including phenoxy) is 2. The van der Waals surface area contributed by atoms with E-state index in [0.717, 1.165) is 23.6 Å². The van der Waals surface area contributed by atoms with Crippen LogP contribution in [0.15, 0.2) is 18.2 Å². The lowest BCUT2D eigenvalue weighted by Crippen LogP contribution is -2.19. The number of aryl methyl sites for hydroxylation is 1. The van der Waals surface area contributed by atoms with E-state index in [2.05, 4.69) is 4.90 Å². The van der Waals surface area contributed by atoms with Crippen molar-refractivity contribution in [1.29, 1.82) is 0 Å². The Balaban J connectivity index is 2.56. The fraction of sp³-hybridized carbons (Fsp3) is 0.500. The lowest BCUT2D eigenvalue weighted by molar-refractivity contribution is 0.260. The number of benzene rings is 1. The molecule has 0 saturated heterocycles. The zero-order valence-electron chi connectivity index (χ0n) is 9.91. The van der Waals surface area contributed by atoms with Gasteiger partial charge in [-0.1, -0.05) is 0 Å². The SMILES string of the molecule is COc1cc(C)cc(OCCN(C)C)c1. The van der Waals surface area contributed by atoms with Crippen molar-refractivity contribution < 1.29 is 9.47 Å². The first kappa shape index (κ1) is 11.9. The van der Waals surface area contributed by atoms with Crippen LogP contribution in [0.2, 0.25) is 0 Å². The topological polar surface area (TPSA) is 21.7 Å². The van der Waals surface area contributed by atoms with Gasteiger partial charge in [0, 0.05) is 12.6 Å². The van der Waals surface area contributed by atoms with Crippen LogP contribution in [0, 0.1) is 6.92 Å². The first-order valence-electron chi connectivity index (χ1n) is 5.05. The van der Waals surface area contributed by atoms with Crippen molar-refractivity contribution in [3.63, 3.8) is 0 Å². The van der Waals surface area contributed by atoms with Crippen LogP contribution in [0.3, 0.4) is 0 Å². The van der Waals surface area contributed by atoms with Crippen LogP contribution in [0.4, 0.5) is 0 Å². The molecule has 0 aliphatic carbocycles. The van der Waals surface area contributed by atoms with E-state index in [1.54, 1.807) is 7.11 Å². The van der Waals surface area contributed by atoms with Crippen LogP contribution < -0.4 is 9.47 Å². The van der Waals surface area contributed by atoms with Gasteiger partial charge in [-0.2, -0.15) is 0 Å². The van der Waals surface area contributed by atoms with Crippen LogP contribution in [0.25, 0.3) is 0 Å². The highest BCUT2D eigenvalue weighted by Crippen LogP contribution is 2.21. The molecule has 0 amide bonds. The summed E-state index contributed by atoms with van der Waals surface area (Å²) in [5.41, 5.74) is 1.15. The van der Waals surface area contributed by atoms with E-state index >= 15 is 0 Å². The van der Waals surface area contributed by atoms with Crippen LogP contribution in [-0.4, -0.2) is 39.3 Å². The van der Waals surface area contributed by atoms with E-state index in [1.807, 2.05) is 39.2 Å². The van der Waals surface area contributed by atoms with E-state index in [0.29, 0.717) is 6.61 Å². The Kier molecular flexibility index (Phi) is 4.43. The summed E-state index contributed by atoms with van der Waals surface area (Å²) in [5.74, 6) is 1.71. The standard InChI is InChI=1S/C12H19NO2/c1-10-7-11(14-4)9-12(8-10)15-6-5-13(2)3/h7-9H,5-6H2,1-4H3. The quantitative estimate of drug-likeness (QED) is 0.739. The van der Waals surface area contributed by atoms with Crippen LogP contribution in [0.1, 0.15) is 5.56 Å². The summed E-state index contributed by atoms with van der Waals surface area (Å²) in [6.07, 6.45) is 0. The largest absolute Gasteiger partial charge is 0.497 e. The van der Waals surface area contributed by atoms with Gasteiger partial charge in [-0.25, -0.2) is 0 Å². The van der Waals surface area contributed by atoms with Gasteiger partial charge in [0.05, 0.1) is 7.11 Å². The molecule has 0 spiro atoms. The number of rotatable bonds is 5. The molecule has 0 aliphatic heterocycles. The Morgan fingerprint density at radius 2 is 1.80 bits per heavy atom. The maximum absolute atomic E-state index is 5.62. The van der Waals surface area contributed by atoms with Crippen LogP contribution in [0.5, 0.6) is 11.5 Å². The minimum absolute atomic E-state index is 0.694. The molecule has 3 nitrogen and oxygen atoms in total. The second-order valence-corrected chi connectivity index (χ2v) is 3.84. The number of nitrogens with zero attached hydrogens (tertiary/aromatic N) is 1. The number of methoxy groups -OCH3 is 1. The summed E-state index contributed by atoms with van der Waals surface area (Å²) in [4.78, 5) is 2.09. The van der Waals surface area contributed by atoms with E-state index in [9.17, 15) is 0 Å². The average Bonchev–Trinajstić information content (AvgIpc) is 2.16. The first-order valence-corrected chi connectivity index (χ1v) is 5.05. The molecule has 0 unspecified atom stereocenters. The smallest absolute Gasteiger partial charge is 0.123 e. The van der Waals surface area contributed by atoms with E-state index < -0.39 is 0 Å². The van der Waals surface area contributed by atoms with Crippen LogP contribution >= 0.6 is 0 Å². The van der Waals surface area contributed by atoms with Crippen molar-refractivity contribution in [2.24, 2.45) is 0 Å². The van der Waals surface area contributed by atoms with Crippen molar-refractivity contribution >= 4 is 0 Å². The molecule has 0 atom stereocenters. The molecule has 0 N–H and O–H groups in total. The predicted octanol–water partition coefficient (Wildman–Crippen LogP) is 1.94. The Bertz CT molecular complexity index is 310. The summed E-state index contributed by atoms with van der Waals surface area (Å²) in [5, 5.41) is 0. The lowest BCUT2D eigenvalue weighted by Gasteiger charge is -2.12. The minimum Gasteiger partial charge on any atom is -0.497 e. The molecule has 1 rings (SSSR count). The highest BCUT2D eigenvalue weighted by molar-refractivity contribution is 5.37. The van der Waals surface area contributed by atoms with Crippen molar-refractivity contribution in [3.05, 3.63) is 23.8 Å². The average molecular weight is 209 g/mol. The third kappa shape index (κ3) is 4.21. The maximum Gasteiger partial charge on any atom is 0.123 e. The molecular formula is C12H19NO2. The number of likely N-dealkylation sites (N-methyl/N-ethyl adjacent to an activating group) is 1. The Morgan fingerprint density at radius 1 is 1.13 bits per heavy atom. The summed E-state index contributed by atoms with van der Waals surface area (Å²) < 4.78 is 10.8. The van der Waals surface area contributed by atoms with Crippen molar-refractivity contribution in [2.45, 2.75) is 6.92 Å². The highest BCUT2D eigenvalue weighted by Gasteiger charge is 1.99. The molecule has 0 heterocycles. The summed E-state index contributed by atoms with van der Waals surface area (Å²) in [7, 11) is 5.72. The summed E-state index contributed by atoms with van der Waals surface area (Å²) >= 11 is 0. The summed E-state index contributed by atoms with van der Waals surface area (Å²) in [6.45, 7) is 3.64. The van der Waals surface area contributed by atoms with Gasteiger partial charge in [0.15, 0.2) is 0 Å². The molecule has 84 valence electrons. The van der Waals surface area contributed by atoms with Gasteiger partial charge in [0.1, 0.15) is 18.1 Å². The van der Waals surface area contributed by atoms with Gasteiger partial charge in [-0.05, 0) is 38.7 Å². The lowest BCUT2D eigenvalue weighted by atomic mass is 10.2. The third-order valence-electron chi connectivity index (χ3n) is 2.07. The Labute approximate surface area is 91.6 Å². The molecule has 1 aromatic carbocycles. The second kappa shape index (κ2) is 5.61. The second-order valence-electron chi connectivity index (χ2n) is 3.84. The molecule has 0 fully saturated rings. The highest BCUT2D eigenvalue weighted by atomic mass is 16.5. The van der Waals surface area contributed by atoms with Gasteiger partial charge >= 0.3 is 0 Å². The van der Waals surface area contributed by atoms with Gasteiger partial charge in [-0.3, -0.25) is 0 Å². The fourth-order valence-corrected chi connectivity index (χ4v) is 1.26. The molecular weight excluding hydrogens is 190 g/mol. The Hall–Kier alpha value is -1.22. The zero-order valence-corrected chi connectivity index (χ0v) is 9.91. The van der Waals surface area contributed by atoms with E-state index in [1.165, 1.54) is 0 Å². The number of hydrogen-bond donors (Lipinski definition) is 0. The summed E-state index contributed by atoms with van der Waals surface area (Å²) in [6, 6.07) is 5.90. The normalized spacial score (nSPS) is 10.5. The number of hydrogen-bond acceptors (Lipinski definition) is 3. The minimum atomic E-state index is 0.694. The van der Waals surface area contributed by atoms with Gasteiger partial charge < -0.3 is 14.4 Å². The molecule has 0 aromatic heterocycles. The third-order valence-corrected chi connectivity index (χ3v) is 2.07. The van der Waals surface area contributed by atoms with Crippen LogP contribution in [-0.2, 0) is 0 Å². The molecule has 0 bridgehead atoms. The van der Waals surface area contributed by atoms with E-state index in [4.69, 9.17) is 9.47 Å². The van der Waals surface area contributed by atoms with Crippen molar-refractivity contribution in [3.8, 4) is 11.5 Å². The van der Waals surface area contributed by atoms with Crippen molar-refractivity contribution in [1.82, 2.24) is 4.90 Å². The predicted molar refractivity (Wildman–Crippen MR) is 61.8 cm³/mol. The van der Waals surface area contributed by atoms with Crippen molar-refractivity contribution in [2.75, 3.05) is 34.4 Å². The molecule has 15 heavy (non-hydrogen) atoms. The molecule has 0 radical (unpaired) electrons. The van der Waals surface area contributed by atoms with Gasteiger partial charge in [0.2, 0.25) is 0 Å². The first-order chi connectivity index (χ1) is 7.11. The maximum atomic E-state index is 5.62.